The summed E-state index contributed by atoms with van der Waals surface area (Å²) in [6.07, 6.45) is 6.28. The van der Waals surface area contributed by atoms with E-state index >= 15 is 0 Å². The molecule has 2 aliphatic carbocycles. The second-order valence-electron chi connectivity index (χ2n) is 6.62. The van der Waals surface area contributed by atoms with Crippen LogP contribution in [0.1, 0.15) is 39.0 Å². The van der Waals surface area contributed by atoms with Crippen LogP contribution in [-0.2, 0) is 14.3 Å². The molecule has 0 radical (unpaired) electrons. The lowest BCUT2D eigenvalue weighted by Crippen LogP contribution is -2.62. The second-order valence-corrected chi connectivity index (χ2v) is 6.62. The normalized spacial score (nSPS) is 33.5. The molecule has 0 aromatic carbocycles. The summed E-state index contributed by atoms with van der Waals surface area (Å²) in [5, 5.41) is 3.49. The summed E-state index contributed by atoms with van der Waals surface area (Å²) in [4.78, 5) is 14.7. The van der Waals surface area contributed by atoms with Crippen LogP contribution in [0.3, 0.4) is 0 Å². The van der Waals surface area contributed by atoms with Gasteiger partial charge in [0.05, 0.1) is 19.8 Å². The molecule has 0 aromatic rings. The number of morpholine rings is 1. The molecule has 3 unspecified atom stereocenters. The molecule has 1 saturated heterocycles. The first-order valence-electron chi connectivity index (χ1n) is 7.84. The Kier molecular flexibility index (Phi) is 4.02. The average molecular weight is 282 g/mol. The van der Waals surface area contributed by atoms with Gasteiger partial charge in [-0.2, -0.15) is 0 Å². The summed E-state index contributed by atoms with van der Waals surface area (Å²) >= 11 is 0. The first-order chi connectivity index (χ1) is 9.62. The van der Waals surface area contributed by atoms with Gasteiger partial charge in [0.2, 0.25) is 0 Å². The second kappa shape index (κ2) is 5.62. The standard InChI is InChI=1S/C15H26N2O3/c1-15(14(18)19-2,16-11-6-7-11)10-17-8-9-20-13-5-3-4-12(13)17/h11-13,16H,3-10H2,1-2H3. The summed E-state index contributed by atoms with van der Waals surface area (Å²) in [6, 6.07) is 0.966. The van der Waals surface area contributed by atoms with Crippen LogP contribution in [0, 0.1) is 0 Å². The topological polar surface area (TPSA) is 50.8 Å². The number of carbonyl (C=O) groups excluding carboxylic acids is 1. The van der Waals surface area contributed by atoms with Crippen molar-refractivity contribution in [3.05, 3.63) is 0 Å². The molecule has 0 aromatic heterocycles. The third-order valence-corrected chi connectivity index (χ3v) is 4.85. The van der Waals surface area contributed by atoms with E-state index in [1.54, 1.807) is 0 Å². The number of rotatable bonds is 5. The summed E-state index contributed by atoms with van der Waals surface area (Å²) in [5.74, 6) is -0.148. The van der Waals surface area contributed by atoms with Crippen LogP contribution >= 0.6 is 0 Å². The van der Waals surface area contributed by atoms with Gasteiger partial charge in [-0.15, -0.1) is 0 Å². The Hall–Kier alpha value is -0.650. The van der Waals surface area contributed by atoms with Crippen molar-refractivity contribution in [3.8, 4) is 0 Å². The van der Waals surface area contributed by atoms with Crippen LogP contribution in [0.25, 0.3) is 0 Å². The highest BCUT2D eigenvalue weighted by atomic mass is 16.5. The molecule has 3 fully saturated rings. The van der Waals surface area contributed by atoms with Crippen LogP contribution in [0.4, 0.5) is 0 Å². The van der Waals surface area contributed by atoms with Crippen molar-refractivity contribution in [1.29, 1.82) is 0 Å². The molecule has 5 heteroatoms. The Morgan fingerprint density at radius 2 is 2.20 bits per heavy atom. The van der Waals surface area contributed by atoms with Crippen molar-refractivity contribution in [3.63, 3.8) is 0 Å². The van der Waals surface area contributed by atoms with E-state index < -0.39 is 5.54 Å². The predicted molar refractivity (Wildman–Crippen MR) is 75.5 cm³/mol. The van der Waals surface area contributed by atoms with E-state index in [9.17, 15) is 4.79 Å². The van der Waals surface area contributed by atoms with E-state index in [1.807, 2.05) is 6.92 Å². The van der Waals surface area contributed by atoms with E-state index in [0.717, 1.165) is 26.1 Å². The largest absolute Gasteiger partial charge is 0.468 e. The van der Waals surface area contributed by atoms with Gasteiger partial charge < -0.3 is 9.47 Å². The first kappa shape index (κ1) is 14.3. The van der Waals surface area contributed by atoms with E-state index in [2.05, 4.69) is 10.2 Å². The van der Waals surface area contributed by atoms with Crippen molar-refractivity contribution >= 4 is 5.97 Å². The van der Waals surface area contributed by atoms with Gasteiger partial charge in [0.15, 0.2) is 0 Å². The lowest BCUT2D eigenvalue weighted by atomic mass is 9.99. The molecule has 3 atom stereocenters. The fraction of sp³-hybridized carbons (Fsp3) is 0.933. The van der Waals surface area contributed by atoms with Crippen molar-refractivity contribution in [2.24, 2.45) is 0 Å². The highest BCUT2D eigenvalue weighted by Gasteiger charge is 2.44. The number of methoxy groups -OCH3 is 1. The SMILES string of the molecule is COC(=O)C(C)(CN1CCOC2CCCC21)NC1CC1. The number of fused-ring (bicyclic) bond motifs is 1. The maximum absolute atomic E-state index is 12.2. The van der Waals surface area contributed by atoms with Gasteiger partial charge >= 0.3 is 5.97 Å². The Balaban J connectivity index is 1.69. The molecule has 3 rings (SSSR count). The number of nitrogens with zero attached hydrogens (tertiary/aromatic N) is 1. The number of carbonyl (C=O) groups is 1. The van der Waals surface area contributed by atoms with Crippen molar-refractivity contribution in [1.82, 2.24) is 10.2 Å². The summed E-state index contributed by atoms with van der Waals surface area (Å²) in [7, 11) is 1.48. The van der Waals surface area contributed by atoms with Crippen LogP contribution < -0.4 is 5.32 Å². The van der Waals surface area contributed by atoms with Crippen LogP contribution in [0.2, 0.25) is 0 Å². The zero-order chi connectivity index (χ0) is 14.2. The number of hydrogen-bond donors (Lipinski definition) is 1. The molecule has 1 N–H and O–H groups in total. The summed E-state index contributed by atoms with van der Waals surface area (Å²) in [6.45, 7) is 4.40. The fourth-order valence-corrected chi connectivity index (χ4v) is 3.68. The average Bonchev–Trinajstić information content (AvgIpc) is 3.10. The maximum atomic E-state index is 12.2. The third kappa shape index (κ3) is 2.85. The van der Waals surface area contributed by atoms with Gasteiger partial charge in [-0.05, 0) is 39.0 Å². The zero-order valence-corrected chi connectivity index (χ0v) is 12.6. The van der Waals surface area contributed by atoms with Gasteiger partial charge in [-0.3, -0.25) is 15.0 Å². The van der Waals surface area contributed by atoms with Gasteiger partial charge in [0.25, 0.3) is 0 Å². The van der Waals surface area contributed by atoms with E-state index in [0.29, 0.717) is 18.2 Å². The molecule has 20 heavy (non-hydrogen) atoms. The minimum atomic E-state index is -0.597. The van der Waals surface area contributed by atoms with Crippen LogP contribution in [-0.4, -0.2) is 61.4 Å². The predicted octanol–water partition coefficient (Wildman–Crippen LogP) is 0.923. The molecule has 2 saturated carbocycles. The van der Waals surface area contributed by atoms with E-state index in [4.69, 9.17) is 9.47 Å². The molecule has 3 aliphatic rings. The van der Waals surface area contributed by atoms with Gasteiger partial charge in [-0.1, -0.05) is 0 Å². The highest BCUT2D eigenvalue weighted by Crippen LogP contribution is 2.31. The van der Waals surface area contributed by atoms with Gasteiger partial charge in [0, 0.05) is 25.2 Å². The Labute approximate surface area is 121 Å². The highest BCUT2D eigenvalue weighted by molar-refractivity contribution is 5.80. The third-order valence-electron chi connectivity index (χ3n) is 4.85. The number of esters is 1. The Bertz CT molecular complexity index is 372. The quantitative estimate of drug-likeness (QED) is 0.760. The maximum Gasteiger partial charge on any atom is 0.327 e. The lowest BCUT2D eigenvalue weighted by molar-refractivity contribution is -0.150. The summed E-state index contributed by atoms with van der Waals surface area (Å²) < 4.78 is 10.9. The van der Waals surface area contributed by atoms with Gasteiger partial charge in [-0.25, -0.2) is 0 Å². The molecule has 0 bridgehead atoms. The van der Waals surface area contributed by atoms with Gasteiger partial charge in [0.1, 0.15) is 5.54 Å². The minimum Gasteiger partial charge on any atom is -0.468 e. The number of ether oxygens (including phenoxy) is 2. The fourth-order valence-electron chi connectivity index (χ4n) is 3.68. The van der Waals surface area contributed by atoms with Crippen molar-refractivity contribution in [2.45, 2.75) is 62.8 Å². The van der Waals surface area contributed by atoms with E-state index in [-0.39, 0.29) is 5.97 Å². The molecule has 0 spiro atoms. The Morgan fingerprint density at radius 1 is 1.40 bits per heavy atom. The Morgan fingerprint density at radius 3 is 2.90 bits per heavy atom. The first-order valence-corrected chi connectivity index (χ1v) is 7.84. The molecular formula is C15H26N2O3. The smallest absolute Gasteiger partial charge is 0.327 e. The number of hydrogen-bond acceptors (Lipinski definition) is 5. The van der Waals surface area contributed by atoms with Crippen LogP contribution in [0.15, 0.2) is 0 Å². The molecule has 5 nitrogen and oxygen atoms in total. The molecule has 1 heterocycles. The lowest BCUT2D eigenvalue weighted by Gasteiger charge is -2.42. The molecule has 0 amide bonds. The van der Waals surface area contributed by atoms with Crippen molar-refractivity contribution in [2.75, 3.05) is 26.8 Å². The summed E-state index contributed by atoms with van der Waals surface area (Å²) in [5.41, 5.74) is -0.597. The monoisotopic (exact) mass is 282 g/mol. The van der Waals surface area contributed by atoms with E-state index in [1.165, 1.54) is 32.8 Å². The molecule has 114 valence electrons. The minimum absolute atomic E-state index is 0.148. The number of nitrogens with one attached hydrogen (secondary N) is 1. The van der Waals surface area contributed by atoms with Crippen LogP contribution in [0.5, 0.6) is 0 Å². The molecule has 1 aliphatic heterocycles. The zero-order valence-electron chi connectivity index (χ0n) is 12.6. The van der Waals surface area contributed by atoms with Crippen molar-refractivity contribution < 1.29 is 14.3 Å². The molecular weight excluding hydrogens is 256 g/mol.